The van der Waals surface area contributed by atoms with Gasteiger partial charge in [-0.25, -0.2) is 4.79 Å². The lowest BCUT2D eigenvalue weighted by Gasteiger charge is -2.40. The molecule has 1 aromatic rings. The topological polar surface area (TPSA) is 64.6 Å². The van der Waals surface area contributed by atoms with Crippen LogP contribution in [0.25, 0.3) is 0 Å². The standard InChI is InChI=1S/C12H16ClN3O2/c1-11(2)12(3,15-18)16(10(17)14-11)9-7-5-4-6-8(9)13/h4-7,15,18H,1-3H3,(H,14,17)/t12-/m0/s1. The molecule has 0 aliphatic carbocycles. The first kappa shape index (κ1) is 13.1. The van der Waals surface area contributed by atoms with Crippen molar-refractivity contribution in [2.24, 2.45) is 0 Å². The molecule has 1 fully saturated rings. The summed E-state index contributed by atoms with van der Waals surface area (Å²) in [4.78, 5) is 13.5. The average Bonchev–Trinajstić information content (AvgIpc) is 2.47. The van der Waals surface area contributed by atoms with Crippen molar-refractivity contribution in [2.75, 3.05) is 4.90 Å². The van der Waals surface area contributed by atoms with E-state index in [1.165, 1.54) is 4.90 Å². The first-order valence-corrected chi connectivity index (χ1v) is 5.99. The smallest absolute Gasteiger partial charge is 0.324 e. The molecule has 0 spiro atoms. The van der Waals surface area contributed by atoms with Gasteiger partial charge in [-0.1, -0.05) is 23.7 Å². The van der Waals surface area contributed by atoms with E-state index in [1.54, 1.807) is 31.2 Å². The second-order valence-electron chi connectivity index (χ2n) is 5.03. The number of hydroxylamine groups is 1. The number of rotatable bonds is 2. The van der Waals surface area contributed by atoms with Crippen LogP contribution in [-0.2, 0) is 0 Å². The Hall–Kier alpha value is -1.30. The van der Waals surface area contributed by atoms with E-state index >= 15 is 0 Å². The molecular weight excluding hydrogens is 254 g/mol. The molecule has 1 heterocycles. The molecule has 2 rings (SSSR count). The van der Waals surface area contributed by atoms with Crippen LogP contribution >= 0.6 is 11.6 Å². The quantitative estimate of drug-likeness (QED) is 0.722. The molecule has 0 unspecified atom stereocenters. The number of urea groups is 1. The number of carbonyl (C=O) groups excluding carboxylic acids is 1. The van der Waals surface area contributed by atoms with Crippen LogP contribution in [0.3, 0.4) is 0 Å². The van der Waals surface area contributed by atoms with E-state index in [-0.39, 0.29) is 6.03 Å². The van der Waals surface area contributed by atoms with Gasteiger partial charge in [-0.15, -0.1) is 0 Å². The fourth-order valence-electron chi connectivity index (χ4n) is 2.10. The molecular formula is C12H16ClN3O2. The van der Waals surface area contributed by atoms with Crippen molar-refractivity contribution in [1.29, 1.82) is 0 Å². The predicted molar refractivity (Wildman–Crippen MR) is 69.9 cm³/mol. The highest BCUT2D eigenvalue weighted by Gasteiger charge is 2.56. The zero-order valence-electron chi connectivity index (χ0n) is 10.5. The van der Waals surface area contributed by atoms with Crippen LogP contribution in [0.15, 0.2) is 24.3 Å². The number of para-hydroxylation sites is 1. The van der Waals surface area contributed by atoms with Gasteiger partial charge < -0.3 is 10.5 Å². The number of hydrogen-bond acceptors (Lipinski definition) is 3. The lowest BCUT2D eigenvalue weighted by atomic mass is 9.90. The summed E-state index contributed by atoms with van der Waals surface area (Å²) in [5.74, 6) is 0. The summed E-state index contributed by atoms with van der Waals surface area (Å²) in [6.07, 6.45) is 0. The third-order valence-corrected chi connectivity index (χ3v) is 3.92. The van der Waals surface area contributed by atoms with Crippen LogP contribution in [0.5, 0.6) is 0 Å². The molecule has 1 atom stereocenters. The molecule has 3 N–H and O–H groups in total. The SMILES string of the molecule is CC1(C)NC(=O)N(c2ccccc2Cl)[C@]1(C)NO. The zero-order chi connectivity index (χ0) is 13.6. The monoisotopic (exact) mass is 269 g/mol. The summed E-state index contributed by atoms with van der Waals surface area (Å²) in [5, 5.41) is 12.7. The summed E-state index contributed by atoms with van der Waals surface area (Å²) in [7, 11) is 0. The Morgan fingerprint density at radius 3 is 2.50 bits per heavy atom. The summed E-state index contributed by atoms with van der Waals surface area (Å²) in [6.45, 7) is 5.38. The Bertz CT molecular complexity index is 492. The number of nitrogens with zero attached hydrogens (tertiary/aromatic N) is 1. The second kappa shape index (κ2) is 4.12. The van der Waals surface area contributed by atoms with Gasteiger partial charge in [-0.2, -0.15) is 5.48 Å². The molecule has 1 aliphatic heterocycles. The highest BCUT2D eigenvalue weighted by atomic mass is 35.5. The first-order valence-electron chi connectivity index (χ1n) is 5.61. The molecule has 1 saturated heterocycles. The van der Waals surface area contributed by atoms with Gasteiger partial charge in [-0.3, -0.25) is 4.90 Å². The minimum Gasteiger partial charge on any atom is -0.329 e. The first-order chi connectivity index (χ1) is 8.33. The number of nitrogens with one attached hydrogen (secondary N) is 2. The van der Waals surface area contributed by atoms with Crippen molar-refractivity contribution in [3.63, 3.8) is 0 Å². The largest absolute Gasteiger partial charge is 0.329 e. The van der Waals surface area contributed by atoms with E-state index in [4.69, 9.17) is 11.6 Å². The van der Waals surface area contributed by atoms with E-state index in [1.807, 2.05) is 13.8 Å². The van der Waals surface area contributed by atoms with Gasteiger partial charge in [-0.05, 0) is 32.9 Å². The van der Waals surface area contributed by atoms with Crippen LogP contribution in [0.2, 0.25) is 5.02 Å². The highest BCUT2D eigenvalue weighted by molar-refractivity contribution is 6.33. The van der Waals surface area contributed by atoms with Gasteiger partial charge in [0.1, 0.15) is 5.66 Å². The van der Waals surface area contributed by atoms with Gasteiger partial charge in [0.2, 0.25) is 0 Å². The Balaban J connectivity index is 2.56. The molecule has 0 radical (unpaired) electrons. The minimum atomic E-state index is -0.991. The van der Waals surface area contributed by atoms with Crippen molar-refractivity contribution < 1.29 is 10.0 Å². The molecule has 0 bridgehead atoms. The molecule has 6 heteroatoms. The minimum absolute atomic E-state index is 0.308. The number of carbonyl (C=O) groups is 1. The third-order valence-electron chi connectivity index (χ3n) is 3.60. The number of hydrogen-bond donors (Lipinski definition) is 3. The fourth-order valence-corrected chi connectivity index (χ4v) is 2.32. The highest BCUT2D eigenvalue weighted by Crippen LogP contribution is 2.38. The lowest BCUT2D eigenvalue weighted by molar-refractivity contribution is 0.0422. The molecule has 0 saturated carbocycles. The predicted octanol–water partition coefficient (Wildman–Crippen LogP) is 2.34. The van der Waals surface area contributed by atoms with E-state index < -0.39 is 11.2 Å². The molecule has 1 aliphatic rings. The third kappa shape index (κ3) is 1.67. The van der Waals surface area contributed by atoms with E-state index in [0.717, 1.165) is 0 Å². The van der Waals surface area contributed by atoms with Gasteiger partial charge in [0.25, 0.3) is 0 Å². The zero-order valence-corrected chi connectivity index (χ0v) is 11.2. The van der Waals surface area contributed by atoms with E-state index in [9.17, 15) is 10.0 Å². The van der Waals surface area contributed by atoms with Crippen molar-refractivity contribution in [2.45, 2.75) is 32.0 Å². The molecule has 5 nitrogen and oxygen atoms in total. The van der Waals surface area contributed by atoms with Crippen LogP contribution in [0.4, 0.5) is 10.5 Å². The van der Waals surface area contributed by atoms with Crippen LogP contribution in [0.1, 0.15) is 20.8 Å². The van der Waals surface area contributed by atoms with Crippen LogP contribution in [-0.4, -0.2) is 22.4 Å². The lowest BCUT2D eigenvalue weighted by Crippen LogP contribution is -2.64. The number of benzene rings is 1. The Labute approximate surface area is 111 Å². The second-order valence-corrected chi connectivity index (χ2v) is 5.43. The van der Waals surface area contributed by atoms with Gasteiger partial charge in [0.15, 0.2) is 0 Å². The van der Waals surface area contributed by atoms with Crippen molar-refractivity contribution in [3.05, 3.63) is 29.3 Å². The van der Waals surface area contributed by atoms with Crippen molar-refractivity contribution in [1.82, 2.24) is 10.8 Å². The molecule has 2 amide bonds. The van der Waals surface area contributed by atoms with E-state index in [0.29, 0.717) is 10.7 Å². The molecule has 18 heavy (non-hydrogen) atoms. The van der Waals surface area contributed by atoms with Crippen molar-refractivity contribution >= 4 is 23.3 Å². The fraction of sp³-hybridized carbons (Fsp3) is 0.417. The van der Waals surface area contributed by atoms with E-state index in [2.05, 4.69) is 10.8 Å². The Morgan fingerprint density at radius 1 is 1.33 bits per heavy atom. The van der Waals surface area contributed by atoms with Gasteiger partial charge in [0.05, 0.1) is 16.2 Å². The Kier molecular flexibility index (Phi) is 3.01. The van der Waals surface area contributed by atoms with Gasteiger partial charge >= 0.3 is 6.03 Å². The molecule has 0 aromatic heterocycles. The van der Waals surface area contributed by atoms with Crippen LogP contribution in [0, 0.1) is 0 Å². The summed E-state index contributed by atoms with van der Waals surface area (Å²) in [6, 6.07) is 6.70. The molecule has 98 valence electrons. The maximum absolute atomic E-state index is 12.1. The molecule has 1 aromatic carbocycles. The maximum atomic E-state index is 12.1. The number of anilines is 1. The van der Waals surface area contributed by atoms with Crippen LogP contribution < -0.4 is 15.7 Å². The normalized spacial score (nSPS) is 26.3. The summed E-state index contributed by atoms with van der Waals surface area (Å²) >= 11 is 6.12. The number of amides is 2. The van der Waals surface area contributed by atoms with Crippen molar-refractivity contribution in [3.8, 4) is 0 Å². The summed E-state index contributed by atoms with van der Waals surface area (Å²) < 4.78 is 0. The average molecular weight is 270 g/mol. The Morgan fingerprint density at radius 2 is 1.94 bits per heavy atom. The summed E-state index contributed by atoms with van der Waals surface area (Å²) in [5.41, 5.74) is 1.12. The number of halogens is 1. The maximum Gasteiger partial charge on any atom is 0.324 e. The van der Waals surface area contributed by atoms with Gasteiger partial charge in [0, 0.05) is 0 Å².